The Kier molecular flexibility index (Phi) is 3.26. The van der Waals surface area contributed by atoms with E-state index in [4.69, 9.17) is 16.3 Å². The summed E-state index contributed by atoms with van der Waals surface area (Å²) in [6.07, 6.45) is 3.27. The van der Waals surface area contributed by atoms with Crippen LogP contribution in [0, 0.1) is 13.8 Å². The summed E-state index contributed by atoms with van der Waals surface area (Å²) < 4.78 is 5.62. The lowest BCUT2D eigenvalue weighted by molar-refractivity contribution is 0.110. The van der Waals surface area contributed by atoms with Gasteiger partial charge in [0.2, 0.25) is 0 Å². The maximum Gasteiger partial charge on any atom is 0.141 e. The van der Waals surface area contributed by atoms with Gasteiger partial charge in [0.25, 0.3) is 0 Å². The van der Waals surface area contributed by atoms with E-state index in [9.17, 15) is 0 Å². The number of nitrogens with zero attached hydrogens (tertiary/aromatic N) is 2. The maximum atomic E-state index is 6.28. The molecule has 1 saturated heterocycles. The van der Waals surface area contributed by atoms with Gasteiger partial charge in [0.05, 0.1) is 11.5 Å². The summed E-state index contributed by atoms with van der Waals surface area (Å²) in [5.41, 5.74) is 1.20. The second-order valence-electron chi connectivity index (χ2n) is 4.73. The lowest BCUT2D eigenvalue weighted by Gasteiger charge is -2.08. The van der Waals surface area contributed by atoms with Crippen molar-refractivity contribution in [2.45, 2.75) is 39.2 Å². The third kappa shape index (κ3) is 2.13. The highest BCUT2D eigenvalue weighted by Crippen LogP contribution is 2.33. The Balaban J connectivity index is 1.99. The van der Waals surface area contributed by atoms with Crippen LogP contribution in [-0.2, 0) is 11.2 Å². The van der Waals surface area contributed by atoms with Crippen molar-refractivity contribution in [1.82, 2.24) is 9.97 Å². The number of hydrogen-bond acceptors (Lipinski definition) is 4. The number of aromatic nitrogens is 2. The number of thiophene rings is 1. The summed E-state index contributed by atoms with van der Waals surface area (Å²) in [6.45, 7) is 5.03. The number of rotatable bonds is 2. The highest BCUT2D eigenvalue weighted by atomic mass is 35.5. The van der Waals surface area contributed by atoms with Gasteiger partial charge in [-0.25, -0.2) is 9.97 Å². The van der Waals surface area contributed by atoms with Crippen LogP contribution in [0.1, 0.15) is 29.1 Å². The predicted molar refractivity (Wildman–Crippen MR) is 74.6 cm³/mol. The van der Waals surface area contributed by atoms with Crippen molar-refractivity contribution < 1.29 is 4.74 Å². The Hall–Kier alpha value is -0.710. The Morgan fingerprint density at radius 3 is 2.94 bits per heavy atom. The van der Waals surface area contributed by atoms with Gasteiger partial charge >= 0.3 is 0 Å². The monoisotopic (exact) mass is 282 g/mol. The van der Waals surface area contributed by atoms with Gasteiger partial charge in [-0.2, -0.15) is 0 Å². The van der Waals surface area contributed by atoms with E-state index in [1.165, 1.54) is 10.4 Å². The highest BCUT2D eigenvalue weighted by Gasteiger charge is 2.19. The highest BCUT2D eigenvalue weighted by molar-refractivity contribution is 7.18. The number of hydrogen-bond donors (Lipinski definition) is 0. The largest absolute Gasteiger partial charge is 0.378 e. The molecule has 0 amide bonds. The van der Waals surface area contributed by atoms with Gasteiger partial charge in [-0.3, -0.25) is 0 Å². The van der Waals surface area contributed by atoms with E-state index < -0.39 is 0 Å². The molecule has 96 valence electrons. The van der Waals surface area contributed by atoms with Crippen molar-refractivity contribution in [3.8, 4) is 0 Å². The van der Waals surface area contributed by atoms with Crippen molar-refractivity contribution in [3.63, 3.8) is 0 Å². The molecule has 3 heterocycles. The summed E-state index contributed by atoms with van der Waals surface area (Å²) in [5, 5.41) is 1.59. The molecule has 1 aliphatic rings. The average molecular weight is 283 g/mol. The quantitative estimate of drug-likeness (QED) is 0.788. The molecule has 1 aliphatic heterocycles. The van der Waals surface area contributed by atoms with E-state index in [1.807, 2.05) is 0 Å². The van der Waals surface area contributed by atoms with E-state index in [0.717, 1.165) is 41.9 Å². The van der Waals surface area contributed by atoms with Gasteiger partial charge in [0, 0.05) is 17.9 Å². The molecule has 0 aliphatic carbocycles. The molecule has 18 heavy (non-hydrogen) atoms. The first-order valence-corrected chi connectivity index (χ1v) is 7.38. The van der Waals surface area contributed by atoms with Crippen LogP contribution in [0.15, 0.2) is 0 Å². The fraction of sp³-hybridized carbons (Fsp3) is 0.538. The van der Waals surface area contributed by atoms with Crippen LogP contribution in [0.2, 0.25) is 5.15 Å². The Morgan fingerprint density at radius 1 is 1.39 bits per heavy atom. The fourth-order valence-corrected chi connectivity index (χ4v) is 3.78. The Labute approximate surface area is 115 Å². The molecule has 0 radical (unpaired) electrons. The molecule has 0 bridgehead atoms. The molecule has 1 atom stereocenters. The van der Waals surface area contributed by atoms with Crippen LogP contribution < -0.4 is 0 Å². The van der Waals surface area contributed by atoms with Crippen molar-refractivity contribution in [3.05, 3.63) is 21.4 Å². The molecule has 0 aromatic carbocycles. The van der Waals surface area contributed by atoms with E-state index in [2.05, 4.69) is 23.8 Å². The maximum absolute atomic E-state index is 6.28. The van der Waals surface area contributed by atoms with Crippen LogP contribution in [-0.4, -0.2) is 22.7 Å². The summed E-state index contributed by atoms with van der Waals surface area (Å²) in [4.78, 5) is 11.3. The first-order chi connectivity index (χ1) is 8.65. The minimum absolute atomic E-state index is 0.265. The molecular formula is C13H15ClN2OS. The van der Waals surface area contributed by atoms with E-state index in [1.54, 1.807) is 11.3 Å². The van der Waals surface area contributed by atoms with E-state index in [0.29, 0.717) is 5.15 Å². The Morgan fingerprint density at radius 2 is 2.22 bits per heavy atom. The lowest BCUT2D eigenvalue weighted by atomic mass is 10.1. The summed E-state index contributed by atoms with van der Waals surface area (Å²) in [6, 6.07) is 0. The van der Waals surface area contributed by atoms with Crippen LogP contribution in [0.25, 0.3) is 10.2 Å². The summed E-state index contributed by atoms with van der Waals surface area (Å²) >= 11 is 7.97. The van der Waals surface area contributed by atoms with Gasteiger partial charge in [0.15, 0.2) is 0 Å². The molecule has 0 spiro atoms. The average Bonchev–Trinajstić information content (AvgIpc) is 2.89. The summed E-state index contributed by atoms with van der Waals surface area (Å²) in [5.74, 6) is 0.806. The van der Waals surface area contributed by atoms with Crippen molar-refractivity contribution >= 4 is 33.2 Å². The van der Waals surface area contributed by atoms with Gasteiger partial charge < -0.3 is 4.74 Å². The molecular weight excluding hydrogens is 268 g/mol. The Bertz CT molecular complexity index is 590. The second kappa shape index (κ2) is 4.76. The smallest absolute Gasteiger partial charge is 0.141 e. The third-order valence-electron chi connectivity index (χ3n) is 3.47. The molecule has 1 unspecified atom stereocenters. The zero-order chi connectivity index (χ0) is 12.7. The molecule has 3 nitrogen and oxygen atoms in total. The van der Waals surface area contributed by atoms with E-state index >= 15 is 0 Å². The van der Waals surface area contributed by atoms with Crippen LogP contribution >= 0.6 is 22.9 Å². The van der Waals surface area contributed by atoms with Gasteiger partial charge in [-0.05, 0) is 32.3 Å². The molecule has 3 rings (SSSR count). The van der Waals surface area contributed by atoms with Crippen molar-refractivity contribution in [2.75, 3.05) is 6.61 Å². The van der Waals surface area contributed by atoms with Crippen LogP contribution in [0.3, 0.4) is 0 Å². The zero-order valence-corrected chi connectivity index (χ0v) is 12.1. The molecule has 0 saturated carbocycles. The molecule has 2 aromatic rings. The molecule has 2 aromatic heterocycles. The molecule has 5 heteroatoms. The lowest BCUT2D eigenvalue weighted by Crippen LogP contribution is -2.11. The standard InChI is InChI=1S/C13H15ClN2OS/c1-7-8(2)18-13-11(7)12(14)15-10(16-13)6-9-4-3-5-17-9/h9H,3-6H2,1-2H3. The normalized spacial score (nSPS) is 19.8. The van der Waals surface area contributed by atoms with Crippen molar-refractivity contribution in [2.24, 2.45) is 0 Å². The topological polar surface area (TPSA) is 35.0 Å². The second-order valence-corrected chi connectivity index (χ2v) is 6.29. The molecule has 1 fully saturated rings. The number of ether oxygens (including phenoxy) is 1. The minimum Gasteiger partial charge on any atom is -0.378 e. The SMILES string of the molecule is Cc1sc2nc(CC3CCCO3)nc(Cl)c2c1C. The van der Waals surface area contributed by atoms with E-state index in [-0.39, 0.29) is 6.10 Å². The first-order valence-electron chi connectivity index (χ1n) is 6.19. The summed E-state index contributed by atoms with van der Waals surface area (Å²) in [7, 11) is 0. The predicted octanol–water partition coefficient (Wildman–Crippen LogP) is 3.68. The van der Waals surface area contributed by atoms with Gasteiger partial charge in [-0.15, -0.1) is 11.3 Å². The van der Waals surface area contributed by atoms with Gasteiger partial charge in [0.1, 0.15) is 15.8 Å². The number of aryl methyl sites for hydroxylation is 2. The third-order valence-corrected chi connectivity index (χ3v) is 4.84. The van der Waals surface area contributed by atoms with Crippen LogP contribution in [0.4, 0.5) is 0 Å². The minimum atomic E-state index is 0.265. The van der Waals surface area contributed by atoms with Crippen LogP contribution in [0.5, 0.6) is 0 Å². The van der Waals surface area contributed by atoms with Crippen molar-refractivity contribution in [1.29, 1.82) is 0 Å². The zero-order valence-electron chi connectivity index (χ0n) is 10.5. The van der Waals surface area contributed by atoms with Gasteiger partial charge in [-0.1, -0.05) is 11.6 Å². The number of fused-ring (bicyclic) bond motifs is 1. The fourth-order valence-electron chi connectivity index (χ4n) is 2.34. The first kappa shape index (κ1) is 12.3. The molecule has 0 N–H and O–H groups in total. The number of halogens is 1.